The summed E-state index contributed by atoms with van der Waals surface area (Å²) in [5.74, 6) is 1.60. The number of rotatable bonds is 5. The van der Waals surface area contributed by atoms with Gasteiger partial charge in [-0.1, -0.05) is 32.8 Å². The minimum absolute atomic E-state index is 0.165. The van der Waals surface area contributed by atoms with Gasteiger partial charge in [0.15, 0.2) is 5.78 Å². The Labute approximate surface area is 128 Å². The molecule has 0 amide bonds. The van der Waals surface area contributed by atoms with Crippen molar-refractivity contribution in [1.82, 2.24) is 0 Å². The van der Waals surface area contributed by atoms with Gasteiger partial charge in [-0.05, 0) is 56.2 Å². The van der Waals surface area contributed by atoms with Gasteiger partial charge >= 0.3 is 0 Å². The van der Waals surface area contributed by atoms with Crippen LogP contribution in [0.4, 0.5) is 0 Å². The lowest BCUT2D eigenvalue weighted by molar-refractivity contribution is 0.0756. The fraction of sp³-hybridized carbons (Fsp3) is 0.632. The zero-order valence-electron chi connectivity index (χ0n) is 14.1. The third kappa shape index (κ3) is 3.14. The van der Waals surface area contributed by atoms with Crippen molar-refractivity contribution in [2.75, 3.05) is 7.11 Å². The van der Waals surface area contributed by atoms with Crippen molar-refractivity contribution in [3.8, 4) is 5.75 Å². The fourth-order valence-electron chi connectivity index (χ4n) is 4.00. The van der Waals surface area contributed by atoms with Gasteiger partial charge in [0, 0.05) is 5.41 Å². The molecule has 0 N–H and O–H groups in total. The summed E-state index contributed by atoms with van der Waals surface area (Å²) in [5, 5.41) is 0. The second-order valence-corrected chi connectivity index (χ2v) is 7.07. The molecule has 0 spiro atoms. The molecule has 1 aromatic carbocycles. The number of ether oxygens (including phenoxy) is 1. The third-order valence-corrected chi connectivity index (χ3v) is 4.73. The van der Waals surface area contributed by atoms with E-state index in [-0.39, 0.29) is 5.41 Å². The molecular formula is C19H28O2. The molecule has 1 aliphatic rings. The quantitative estimate of drug-likeness (QED) is 0.704. The average molecular weight is 288 g/mol. The summed E-state index contributed by atoms with van der Waals surface area (Å²) in [7, 11) is 1.66. The van der Waals surface area contributed by atoms with Gasteiger partial charge in [0.05, 0.1) is 12.7 Å². The van der Waals surface area contributed by atoms with E-state index in [0.29, 0.717) is 11.7 Å². The standard InChI is InChI=1S/C19H28O2/c1-13(2)12-19(8-6-7-9-19)18(20)17-15(4)10-14(3)11-16(17)21-5/h10-11,13H,6-9,12H2,1-5H3. The number of carbonyl (C=O) groups is 1. The van der Waals surface area contributed by atoms with Crippen LogP contribution in [0.2, 0.25) is 0 Å². The highest BCUT2D eigenvalue weighted by atomic mass is 16.5. The third-order valence-electron chi connectivity index (χ3n) is 4.73. The average Bonchev–Trinajstić information content (AvgIpc) is 2.86. The summed E-state index contributed by atoms with van der Waals surface area (Å²) < 4.78 is 5.52. The normalized spacial score (nSPS) is 17.2. The van der Waals surface area contributed by atoms with Gasteiger partial charge in [-0.3, -0.25) is 4.79 Å². The van der Waals surface area contributed by atoms with Crippen molar-refractivity contribution in [2.45, 2.75) is 59.8 Å². The fourth-order valence-corrected chi connectivity index (χ4v) is 4.00. The highest BCUT2D eigenvalue weighted by molar-refractivity contribution is 6.04. The Kier molecular flexibility index (Phi) is 4.75. The molecule has 1 fully saturated rings. The van der Waals surface area contributed by atoms with E-state index < -0.39 is 0 Å². The van der Waals surface area contributed by atoms with Crippen molar-refractivity contribution in [2.24, 2.45) is 11.3 Å². The van der Waals surface area contributed by atoms with Crippen molar-refractivity contribution < 1.29 is 9.53 Å². The number of methoxy groups -OCH3 is 1. The predicted molar refractivity (Wildman–Crippen MR) is 87.2 cm³/mol. The first-order valence-corrected chi connectivity index (χ1v) is 8.09. The summed E-state index contributed by atoms with van der Waals surface area (Å²) >= 11 is 0. The van der Waals surface area contributed by atoms with Crippen LogP contribution in [0.3, 0.4) is 0 Å². The maximum atomic E-state index is 13.3. The molecule has 2 rings (SSSR count). The van der Waals surface area contributed by atoms with E-state index in [1.807, 2.05) is 19.9 Å². The molecule has 2 nitrogen and oxygen atoms in total. The van der Waals surface area contributed by atoms with Crippen LogP contribution in [0.25, 0.3) is 0 Å². The minimum Gasteiger partial charge on any atom is -0.496 e. The molecule has 0 radical (unpaired) electrons. The number of aryl methyl sites for hydroxylation is 2. The Morgan fingerprint density at radius 1 is 1.24 bits per heavy atom. The summed E-state index contributed by atoms with van der Waals surface area (Å²) in [4.78, 5) is 13.3. The molecule has 0 bridgehead atoms. The molecule has 0 saturated heterocycles. The van der Waals surface area contributed by atoms with E-state index in [2.05, 4.69) is 19.9 Å². The summed E-state index contributed by atoms with van der Waals surface area (Å²) in [5.41, 5.74) is 2.84. The van der Waals surface area contributed by atoms with E-state index in [1.165, 1.54) is 12.8 Å². The van der Waals surface area contributed by atoms with Crippen LogP contribution in [0.5, 0.6) is 5.75 Å². The maximum Gasteiger partial charge on any atom is 0.173 e. The molecule has 0 atom stereocenters. The first kappa shape index (κ1) is 16.1. The van der Waals surface area contributed by atoms with Crippen molar-refractivity contribution in [3.05, 3.63) is 28.8 Å². The molecule has 1 aliphatic carbocycles. The van der Waals surface area contributed by atoms with Crippen molar-refractivity contribution in [1.29, 1.82) is 0 Å². The zero-order valence-corrected chi connectivity index (χ0v) is 14.1. The lowest BCUT2D eigenvalue weighted by atomic mass is 9.72. The Bertz CT molecular complexity index is 523. The summed E-state index contributed by atoms with van der Waals surface area (Å²) in [6.45, 7) is 8.50. The number of ketones is 1. The second-order valence-electron chi connectivity index (χ2n) is 7.07. The first-order valence-electron chi connectivity index (χ1n) is 8.09. The van der Waals surface area contributed by atoms with Gasteiger partial charge < -0.3 is 4.74 Å². The molecule has 0 aliphatic heterocycles. The van der Waals surface area contributed by atoms with Crippen molar-refractivity contribution >= 4 is 5.78 Å². The van der Waals surface area contributed by atoms with Crippen LogP contribution in [-0.2, 0) is 0 Å². The SMILES string of the molecule is COc1cc(C)cc(C)c1C(=O)C1(CC(C)C)CCCC1. The zero-order chi connectivity index (χ0) is 15.6. The van der Waals surface area contributed by atoms with Crippen LogP contribution in [0, 0.1) is 25.2 Å². The smallest absolute Gasteiger partial charge is 0.173 e. The molecule has 1 aromatic rings. The maximum absolute atomic E-state index is 13.3. The van der Waals surface area contributed by atoms with Crippen LogP contribution in [-0.4, -0.2) is 12.9 Å². The van der Waals surface area contributed by atoms with E-state index in [9.17, 15) is 4.79 Å². The van der Waals surface area contributed by atoms with Crippen LogP contribution >= 0.6 is 0 Å². The lowest BCUT2D eigenvalue weighted by Gasteiger charge is -2.30. The number of benzene rings is 1. The number of Topliss-reactive ketones (excluding diaryl/α,β-unsaturated/α-hetero) is 1. The van der Waals surface area contributed by atoms with Gasteiger partial charge in [-0.15, -0.1) is 0 Å². The Balaban J connectivity index is 2.47. The minimum atomic E-state index is -0.165. The molecule has 2 heteroatoms. The molecule has 0 unspecified atom stereocenters. The monoisotopic (exact) mass is 288 g/mol. The lowest BCUT2D eigenvalue weighted by Crippen LogP contribution is -2.31. The second kappa shape index (κ2) is 6.21. The number of hydrogen-bond donors (Lipinski definition) is 0. The Morgan fingerprint density at radius 3 is 2.38 bits per heavy atom. The van der Waals surface area contributed by atoms with Gasteiger partial charge in [0.25, 0.3) is 0 Å². The largest absolute Gasteiger partial charge is 0.496 e. The van der Waals surface area contributed by atoms with E-state index in [4.69, 9.17) is 4.74 Å². The predicted octanol–water partition coefficient (Wildman–Crippen LogP) is 5.10. The van der Waals surface area contributed by atoms with Crippen LogP contribution in [0.1, 0.15) is 67.4 Å². The Hall–Kier alpha value is -1.31. The molecule has 0 aromatic heterocycles. The van der Waals surface area contributed by atoms with Crippen molar-refractivity contribution in [3.63, 3.8) is 0 Å². The van der Waals surface area contributed by atoms with E-state index in [1.54, 1.807) is 7.11 Å². The summed E-state index contributed by atoms with van der Waals surface area (Å²) in [6.07, 6.45) is 5.39. The summed E-state index contributed by atoms with van der Waals surface area (Å²) in [6, 6.07) is 4.08. The van der Waals surface area contributed by atoms with Gasteiger partial charge in [-0.2, -0.15) is 0 Å². The molecule has 116 valence electrons. The Morgan fingerprint density at radius 2 is 1.86 bits per heavy atom. The van der Waals surface area contributed by atoms with Gasteiger partial charge in [0.2, 0.25) is 0 Å². The van der Waals surface area contributed by atoms with E-state index in [0.717, 1.165) is 41.7 Å². The van der Waals surface area contributed by atoms with E-state index >= 15 is 0 Å². The van der Waals surface area contributed by atoms with Crippen LogP contribution in [0.15, 0.2) is 12.1 Å². The highest BCUT2D eigenvalue weighted by Gasteiger charge is 2.43. The number of hydrogen-bond acceptors (Lipinski definition) is 2. The number of carbonyl (C=O) groups excluding carboxylic acids is 1. The highest BCUT2D eigenvalue weighted by Crippen LogP contribution is 2.47. The molecular weight excluding hydrogens is 260 g/mol. The first-order chi connectivity index (χ1) is 9.89. The topological polar surface area (TPSA) is 26.3 Å². The van der Waals surface area contributed by atoms with Gasteiger partial charge in [0.1, 0.15) is 5.75 Å². The molecule has 0 heterocycles. The van der Waals surface area contributed by atoms with Crippen LogP contribution < -0.4 is 4.74 Å². The molecule has 1 saturated carbocycles. The van der Waals surface area contributed by atoms with Gasteiger partial charge in [-0.25, -0.2) is 0 Å². The molecule has 21 heavy (non-hydrogen) atoms.